The topological polar surface area (TPSA) is 55.1 Å². The average Bonchev–Trinajstić information content (AvgIpc) is 2.44. The highest BCUT2D eigenvalue weighted by Crippen LogP contribution is 2.14. The van der Waals surface area contributed by atoms with E-state index in [4.69, 9.17) is 5.73 Å². The van der Waals surface area contributed by atoms with Crippen molar-refractivity contribution in [2.75, 3.05) is 5.32 Å². The quantitative estimate of drug-likeness (QED) is 0.896. The van der Waals surface area contributed by atoms with E-state index in [0.717, 1.165) is 16.8 Å². The summed E-state index contributed by atoms with van der Waals surface area (Å²) in [5, 5.41) is 2.87. The summed E-state index contributed by atoms with van der Waals surface area (Å²) in [7, 11) is 0. The van der Waals surface area contributed by atoms with Crippen LogP contribution in [0.5, 0.6) is 0 Å². The first-order valence-corrected chi connectivity index (χ1v) is 6.74. The van der Waals surface area contributed by atoms with E-state index in [1.54, 1.807) is 0 Å². The van der Waals surface area contributed by atoms with Gasteiger partial charge < -0.3 is 11.1 Å². The molecule has 0 aliphatic heterocycles. The van der Waals surface area contributed by atoms with E-state index in [0.29, 0.717) is 6.42 Å². The number of carbonyl (C=O) groups is 1. The normalized spacial score (nSPS) is 11.9. The van der Waals surface area contributed by atoms with Crippen LogP contribution in [0.25, 0.3) is 0 Å². The van der Waals surface area contributed by atoms with Gasteiger partial charge >= 0.3 is 0 Å². The maximum absolute atomic E-state index is 12.1. The minimum absolute atomic E-state index is 0.155. The number of hydrogen-bond donors (Lipinski definition) is 2. The Kier molecular flexibility index (Phi) is 4.53. The predicted molar refractivity (Wildman–Crippen MR) is 82.7 cm³/mol. The second-order valence-corrected chi connectivity index (χ2v) is 5.08. The summed E-state index contributed by atoms with van der Waals surface area (Å²) in [6.45, 7) is 4.07. The number of rotatable bonds is 4. The summed E-state index contributed by atoms with van der Waals surface area (Å²) < 4.78 is 0. The number of nitrogens with two attached hydrogens (primary N) is 1. The van der Waals surface area contributed by atoms with Crippen molar-refractivity contribution in [1.29, 1.82) is 0 Å². The van der Waals surface area contributed by atoms with Crippen LogP contribution in [0.1, 0.15) is 16.7 Å². The van der Waals surface area contributed by atoms with Gasteiger partial charge in [-0.15, -0.1) is 0 Å². The second-order valence-electron chi connectivity index (χ2n) is 5.08. The molecule has 3 N–H and O–H groups in total. The lowest BCUT2D eigenvalue weighted by Gasteiger charge is -2.13. The van der Waals surface area contributed by atoms with E-state index in [-0.39, 0.29) is 5.91 Å². The van der Waals surface area contributed by atoms with Gasteiger partial charge in [0.1, 0.15) is 0 Å². The van der Waals surface area contributed by atoms with Gasteiger partial charge in [-0.25, -0.2) is 0 Å². The lowest BCUT2D eigenvalue weighted by atomic mass is 10.1. The third-order valence-electron chi connectivity index (χ3n) is 3.41. The Morgan fingerprint density at radius 1 is 1.10 bits per heavy atom. The maximum Gasteiger partial charge on any atom is 0.241 e. The number of carbonyl (C=O) groups excluding carboxylic acids is 1. The molecular formula is C17H20N2O. The molecule has 1 atom stereocenters. The molecule has 0 saturated carbocycles. The van der Waals surface area contributed by atoms with E-state index in [1.165, 1.54) is 5.56 Å². The Labute approximate surface area is 119 Å². The van der Waals surface area contributed by atoms with Gasteiger partial charge in [-0.3, -0.25) is 4.79 Å². The van der Waals surface area contributed by atoms with E-state index in [2.05, 4.69) is 5.32 Å². The number of anilines is 1. The molecule has 0 bridgehead atoms. The number of amides is 1. The summed E-state index contributed by atoms with van der Waals surface area (Å²) in [6.07, 6.45) is 0.539. The van der Waals surface area contributed by atoms with Gasteiger partial charge in [-0.2, -0.15) is 0 Å². The summed E-state index contributed by atoms with van der Waals surface area (Å²) in [5.41, 5.74) is 10.2. The fourth-order valence-corrected chi connectivity index (χ4v) is 2.01. The first-order chi connectivity index (χ1) is 9.56. The smallest absolute Gasteiger partial charge is 0.241 e. The fraction of sp³-hybridized carbons (Fsp3) is 0.235. The van der Waals surface area contributed by atoms with Crippen LogP contribution in [0.3, 0.4) is 0 Å². The highest BCUT2D eigenvalue weighted by atomic mass is 16.2. The average molecular weight is 268 g/mol. The summed E-state index contributed by atoms with van der Waals surface area (Å²) in [4.78, 5) is 12.1. The zero-order chi connectivity index (χ0) is 14.5. The lowest BCUT2D eigenvalue weighted by molar-refractivity contribution is -0.117. The number of nitrogens with one attached hydrogen (secondary N) is 1. The standard InChI is InChI=1S/C17H20N2O/c1-12-8-9-15(10-13(12)2)19-17(20)16(18)11-14-6-4-3-5-7-14/h3-10,16H,11,18H2,1-2H3,(H,19,20)/t16-/m1/s1. The predicted octanol–water partition coefficient (Wildman–Crippen LogP) is 2.81. The van der Waals surface area contributed by atoms with Crippen LogP contribution in [0.4, 0.5) is 5.69 Å². The molecule has 3 heteroatoms. The van der Waals surface area contributed by atoms with E-state index in [1.807, 2.05) is 62.4 Å². The molecule has 104 valence electrons. The Morgan fingerprint density at radius 3 is 2.45 bits per heavy atom. The molecule has 0 unspecified atom stereocenters. The van der Waals surface area contributed by atoms with Crippen molar-refractivity contribution in [3.8, 4) is 0 Å². The molecule has 0 radical (unpaired) electrons. The van der Waals surface area contributed by atoms with Crippen molar-refractivity contribution in [2.24, 2.45) is 5.73 Å². The van der Waals surface area contributed by atoms with Crippen molar-refractivity contribution in [3.63, 3.8) is 0 Å². The Hall–Kier alpha value is -2.13. The highest BCUT2D eigenvalue weighted by Gasteiger charge is 2.14. The molecule has 2 aromatic carbocycles. The van der Waals surface area contributed by atoms with Gasteiger partial charge in [0.25, 0.3) is 0 Å². The molecule has 0 aliphatic carbocycles. The third kappa shape index (κ3) is 3.68. The summed E-state index contributed by atoms with van der Waals surface area (Å²) in [6, 6.07) is 15.1. The van der Waals surface area contributed by atoms with Gasteiger partial charge in [-0.05, 0) is 49.1 Å². The summed E-state index contributed by atoms with van der Waals surface area (Å²) in [5.74, 6) is -0.155. The van der Waals surface area contributed by atoms with Crippen molar-refractivity contribution in [1.82, 2.24) is 0 Å². The molecule has 2 rings (SSSR count). The van der Waals surface area contributed by atoms with Gasteiger partial charge in [-0.1, -0.05) is 36.4 Å². The Balaban J connectivity index is 1.99. The minimum atomic E-state index is -0.543. The van der Waals surface area contributed by atoms with Crippen LogP contribution in [0, 0.1) is 13.8 Å². The van der Waals surface area contributed by atoms with Crippen LogP contribution in [-0.2, 0) is 11.2 Å². The molecule has 20 heavy (non-hydrogen) atoms. The van der Waals surface area contributed by atoms with E-state index >= 15 is 0 Å². The highest BCUT2D eigenvalue weighted by molar-refractivity contribution is 5.94. The van der Waals surface area contributed by atoms with Gasteiger partial charge in [0.05, 0.1) is 6.04 Å². The minimum Gasteiger partial charge on any atom is -0.325 e. The molecule has 3 nitrogen and oxygen atoms in total. The molecule has 0 spiro atoms. The molecular weight excluding hydrogens is 248 g/mol. The zero-order valence-corrected chi connectivity index (χ0v) is 11.9. The van der Waals surface area contributed by atoms with Crippen LogP contribution < -0.4 is 11.1 Å². The maximum atomic E-state index is 12.1. The van der Waals surface area contributed by atoms with Gasteiger partial charge in [0.15, 0.2) is 0 Å². The lowest BCUT2D eigenvalue weighted by Crippen LogP contribution is -2.37. The monoisotopic (exact) mass is 268 g/mol. The van der Waals surface area contributed by atoms with Crippen LogP contribution in [0.2, 0.25) is 0 Å². The van der Waals surface area contributed by atoms with Crippen molar-refractivity contribution in [3.05, 3.63) is 65.2 Å². The first-order valence-electron chi connectivity index (χ1n) is 6.74. The van der Waals surface area contributed by atoms with E-state index in [9.17, 15) is 4.79 Å². The third-order valence-corrected chi connectivity index (χ3v) is 3.41. The Morgan fingerprint density at radius 2 is 1.80 bits per heavy atom. The van der Waals surface area contributed by atoms with Crippen molar-refractivity contribution >= 4 is 11.6 Å². The fourth-order valence-electron chi connectivity index (χ4n) is 2.01. The van der Waals surface area contributed by atoms with Crippen LogP contribution in [0.15, 0.2) is 48.5 Å². The molecule has 0 aromatic heterocycles. The SMILES string of the molecule is Cc1ccc(NC(=O)[C@H](N)Cc2ccccc2)cc1C. The largest absolute Gasteiger partial charge is 0.325 e. The second kappa shape index (κ2) is 6.35. The molecule has 0 heterocycles. The van der Waals surface area contributed by atoms with Crippen molar-refractivity contribution < 1.29 is 4.79 Å². The van der Waals surface area contributed by atoms with Crippen LogP contribution in [-0.4, -0.2) is 11.9 Å². The molecule has 1 amide bonds. The molecule has 2 aromatic rings. The number of aryl methyl sites for hydroxylation is 2. The molecule has 0 fully saturated rings. The first kappa shape index (κ1) is 14.3. The van der Waals surface area contributed by atoms with Crippen molar-refractivity contribution in [2.45, 2.75) is 26.3 Å². The number of hydrogen-bond acceptors (Lipinski definition) is 2. The van der Waals surface area contributed by atoms with E-state index < -0.39 is 6.04 Å². The zero-order valence-electron chi connectivity index (χ0n) is 11.9. The molecule has 0 aliphatic rings. The molecule has 0 saturated heterocycles. The number of benzene rings is 2. The summed E-state index contributed by atoms with van der Waals surface area (Å²) >= 11 is 0. The van der Waals surface area contributed by atoms with Gasteiger partial charge in [0, 0.05) is 5.69 Å². The van der Waals surface area contributed by atoms with Gasteiger partial charge in [0.2, 0.25) is 5.91 Å². The Bertz CT molecular complexity index is 593. The van der Waals surface area contributed by atoms with Crippen LogP contribution >= 0.6 is 0 Å².